The largest absolute Gasteiger partial charge is 0.457 e. The fourth-order valence-electron chi connectivity index (χ4n) is 4.77. The molecule has 4 amide bonds. The molecule has 1 saturated heterocycles. The first kappa shape index (κ1) is 26.4. The Morgan fingerprint density at radius 1 is 0.854 bits per heavy atom. The zero-order chi connectivity index (χ0) is 28.3. The highest BCUT2D eigenvalue weighted by atomic mass is 32.1. The van der Waals surface area contributed by atoms with E-state index in [1.165, 1.54) is 16.2 Å². The summed E-state index contributed by atoms with van der Waals surface area (Å²) in [6.45, 7) is 0.893. The van der Waals surface area contributed by atoms with E-state index in [1.807, 2.05) is 11.4 Å². The lowest BCUT2D eigenvalue weighted by atomic mass is 10.1. The van der Waals surface area contributed by atoms with Crippen molar-refractivity contribution in [2.24, 2.45) is 0 Å². The summed E-state index contributed by atoms with van der Waals surface area (Å²) in [5.41, 5.74) is 2.15. The molecular formula is C31H25N3O6S. The first-order valence-electron chi connectivity index (χ1n) is 13.1. The molecule has 2 aliphatic heterocycles. The molecule has 206 valence electrons. The lowest BCUT2D eigenvalue weighted by Crippen LogP contribution is -2.36. The zero-order valence-corrected chi connectivity index (χ0v) is 22.6. The fraction of sp³-hybridized carbons (Fsp3) is 0.161. The molecule has 3 aromatic carbocycles. The minimum Gasteiger partial charge on any atom is -0.457 e. The van der Waals surface area contributed by atoms with E-state index in [0.29, 0.717) is 51.0 Å². The summed E-state index contributed by atoms with van der Waals surface area (Å²) in [5, 5.41) is 7.48. The second-order valence-electron chi connectivity index (χ2n) is 9.66. The molecule has 2 aliphatic rings. The summed E-state index contributed by atoms with van der Waals surface area (Å²) in [7, 11) is 0. The summed E-state index contributed by atoms with van der Waals surface area (Å²) in [4.78, 5) is 52.7. The van der Waals surface area contributed by atoms with E-state index < -0.39 is 0 Å². The molecule has 1 aromatic heterocycles. The van der Waals surface area contributed by atoms with Gasteiger partial charge in [0.25, 0.3) is 23.6 Å². The second-order valence-corrected chi connectivity index (χ2v) is 10.6. The Bertz CT molecular complexity index is 1630. The van der Waals surface area contributed by atoms with Gasteiger partial charge >= 0.3 is 0 Å². The molecule has 10 heteroatoms. The maximum absolute atomic E-state index is 13.0. The molecule has 2 N–H and O–H groups in total. The summed E-state index contributed by atoms with van der Waals surface area (Å²) < 4.78 is 11.6. The van der Waals surface area contributed by atoms with Gasteiger partial charge in [-0.15, -0.1) is 11.3 Å². The van der Waals surface area contributed by atoms with Gasteiger partial charge in [0.15, 0.2) is 0 Å². The molecule has 1 fully saturated rings. The van der Waals surface area contributed by atoms with Crippen LogP contribution in [0.3, 0.4) is 0 Å². The number of nitrogens with zero attached hydrogens (tertiary/aromatic N) is 1. The Morgan fingerprint density at radius 3 is 2.39 bits per heavy atom. The Labute approximate surface area is 239 Å². The summed E-state index contributed by atoms with van der Waals surface area (Å²) in [6.07, 6.45) is 1.63. The molecule has 1 atom stereocenters. The molecule has 0 spiro atoms. The number of benzene rings is 3. The van der Waals surface area contributed by atoms with E-state index in [-0.39, 0.29) is 36.3 Å². The van der Waals surface area contributed by atoms with Gasteiger partial charge in [-0.3, -0.25) is 24.1 Å². The van der Waals surface area contributed by atoms with Crippen LogP contribution >= 0.6 is 11.3 Å². The predicted molar refractivity (Wildman–Crippen MR) is 154 cm³/mol. The Hall–Kier alpha value is -4.80. The normalized spacial score (nSPS) is 16.0. The number of hydrogen-bond donors (Lipinski definition) is 2. The molecule has 0 saturated carbocycles. The molecule has 0 bridgehead atoms. The number of imide groups is 1. The number of thiophene rings is 1. The lowest BCUT2D eigenvalue weighted by Gasteiger charge is -2.17. The SMILES string of the molecule is O=C(Nc1cccc(Oc2ccc3c(c2)C(=O)N(CC2CCCO2)C3=O)c1)c1ccc(NC(=O)c2cccs2)cc1. The monoisotopic (exact) mass is 567 g/mol. The third-order valence-corrected chi connectivity index (χ3v) is 7.70. The molecule has 3 heterocycles. The van der Waals surface area contributed by atoms with Crippen LogP contribution in [-0.2, 0) is 4.74 Å². The highest BCUT2D eigenvalue weighted by Crippen LogP contribution is 2.31. The summed E-state index contributed by atoms with van der Waals surface area (Å²) in [5.74, 6) is -0.371. The highest BCUT2D eigenvalue weighted by Gasteiger charge is 2.37. The maximum atomic E-state index is 13.0. The zero-order valence-electron chi connectivity index (χ0n) is 21.8. The number of fused-ring (bicyclic) bond motifs is 1. The molecule has 9 nitrogen and oxygen atoms in total. The van der Waals surface area contributed by atoms with Crippen molar-refractivity contribution >= 4 is 46.3 Å². The summed E-state index contributed by atoms with van der Waals surface area (Å²) >= 11 is 1.35. The lowest BCUT2D eigenvalue weighted by molar-refractivity contribution is 0.0475. The molecule has 41 heavy (non-hydrogen) atoms. The fourth-order valence-corrected chi connectivity index (χ4v) is 5.39. The van der Waals surface area contributed by atoms with E-state index in [0.717, 1.165) is 12.8 Å². The molecule has 1 unspecified atom stereocenters. The number of anilines is 2. The number of nitrogens with one attached hydrogen (secondary N) is 2. The number of carbonyl (C=O) groups excluding carboxylic acids is 4. The van der Waals surface area contributed by atoms with Gasteiger partial charge < -0.3 is 20.1 Å². The van der Waals surface area contributed by atoms with Crippen molar-refractivity contribution < 1.29 is 28.7 Å². The first-order chi connectivity index (χ1) is 19.9. The predicted octanol–water partition coefficient (Wildman–Crippen LogP) is 5.82. The van der Waals surface area contributed by atoms with Crippen molar-refractivity contribution in [1.29, 1.82) is 0 Å². The Morgan fingerprint density at radius 2 is 1.63 bits per heavy atom. The van der Waals surface area contributed by atoms with Crippen molar-refractivity contribution in [3.63, 3.8) is 0 Å². The number of carbonyl (C=O) groups is 4. The molecule has 0 aliphatic carbocycles. The van der Waals surface area contributed by atoms with E-state index in [4.69, 9.17) is 9.47 Å². The number of ether oxygens (including phenoxy) is 2. The van der Waals surface area contributed by atoms with Gasteiger partial charge in [-0.2, -0.15) is 0 Å². The minimum atomic E-state index is -0.357. The van der Waals surface area contributed by atoms with Gasteiger partial charge in [0, 0.05) is 29.6 Å². The van der Waals surface area contributed by atoms with Gasteiger partial charge in [-0.05, 0) is 78.9 Å². The standard InChI is InChI=1S/C31H25N3O6S/c35-28(19-8-10-20(11-9-19)32-29(36)27-7-3-15-41-27)33-21-4-1-5-22(16-21)40-23-12-13-25-26(17-23)31(38)34(30(25)37)18-24-6-2-14-39-24/h1,3-5,7-13,15-17,24H,2,6,14,18H2,(H,32,36)(H,33,35). The third-order valence-electron chi connectivity index (χ3n) is 6.83. The smallest absolute Gasteiger partial charge is 0.265 e. The first-order valence-corrected chi connectivity index (χ1v) is 14.0. The topological polar surface area (TPSA) is 114 Å². The quantitative estimate of drug-likeness (QED) is 0.260. The van der Waals surface area contributed by atoms with Gasteiger partial charge in [-0.25, -0.2) is 0 Å². The van der Waals surface area contributed by atoms with Crippen molar-refractivity contribution in [3.05, 3.63) is 106 Å². The van der Waals surface area contributed by atoms with Crippen LogP contribution in [0.25, 0.3) is 0 Å². The average Bonchev–Trinajstić information content (AvgIpc) is 3.74. The van der Waals surface area contributed by atoms with Crippen molar-refractivity contribution in [3.8, 4) is 11.5 Å². The van der Waals surface area contributed by atoms with Gasteiger partial charge in [0.05, 0.1) is 28.7 Å². The molecule has 0 radical (unpaired) electrons. The number of hydrogen-bond acceptors (Lipinski definition) is 7. The van der Waals surface area contributed by atoms with E-state index in [1.54, 1.807) is 72.8 Å². The molecule has 6 rings (SSSR count). The molecule has 4 aromatic rings. The highest BCUT2D eigenvalue weighted by molar-refractivity contribution is 7.12. The van der Waals surface area contributed by atoms with Gasteiger partial charge in [0.1, 0.15) is 11.5 Å². The number of rotatable bonds is 8. The van der Waals surface area contributed by atoms with Crippen LogP contribution in [0.15, 0.2) is 84.2 Å². The summed E-state index contributed by atoms with van der Waals surface area (Å²) in [6, 6.07) is 21.8. The average molecular weight is 568 g/mol. The maximum Gasteiger partial charge on any atom is 0.265 e. The van der Waals surface area contributed by atoms with Crippen LogP contribution in [0.4, 0.5) is 11.4 Å². The van der Waals surface area contributed by atoms with Crippen molar-refractivity contribution in [1.82, 2.24) is 4.90 Å². The van der Waals surface area contributed by atoms with E-state index in [9.17, 15) is 19.2 Å². The number of amides is 4. The van der Waals surface area contributed by atoms with E-state index in [2.05, 4.69) is 10.6 Å². The van der Waals surface area contributed by atoms with Gasteiger partial charge in [0.2, 0.25) is 0 Å². The van der Waals surface area contributed by atoms with Crippen LogP contribution in [0.2, 0.25) is 0 Å². The minimum absolute atomic E-state index is 0.124. The van der Waals surface area contributed by atoms with Crippen molar-refractivity contribution in [2.75, 3.05) is 23.8 Å². The van der Waals surface area contributed by atoms with Gasteiger partial charge in [-0.1, -0.05) is 12.1 Å². The Kier molecular flexibility index (Phi) is 7.32. The van der Waals surface area contributed by atoms with E-state index >= 15 is 0 Å². The Balaban J connectivity index is 1.09. The second kappa shape index (κ2) is 11.4. The third kappa shape index (κ3) is 5.74. The van der Waals surface area contributed by atoms with Crippen LogP contribution in [-0.4, -0.2) is 47.8 Å². The van der Waals surface area contributed by atoms with Crippen LogP contribution in [0.1, 0.15) is 53.6 Å². The van der Waals surface area contributed by atoms with Crippen LogP contribution in [0, 0.1) is 0 Å². The molecular weight excluding hydrogens is 542 g/mol. The van der Waals surface area contributed by atoms with Crippen LogP contribution < -0.4 is 15.4 Å². The van der Waals surface area contributed by atoms with Crippen molar-refractivity contribution in [2.45, 2.75) is 18.9 Å². The van der Waals surface area contributed by atoms with Crippen LogP contribution in [0.5, 0.6) is 11.5 Å².